The van der Waals surface area contributed by atoms with Gasteiger partial charge in [-0.15, -0.1) is 0 Å². The second-order valence-electron chi connectivity index (χ2n) is 4.16. The van der Waals surface area contributed by atoms with Crippen molar-refractivity contribution in [2.24, 2.45) is 0 Å². The van der Waals surface area contributed by atoms with Gasteiger partial charge in [0.25, 0.3) is 0 Å². The summed E-state index contributed by atoms with van der Waals surface area (Å²) in [5.41, 5.74) is 1.11. The number of benzene rings is 1. The molecule has 0 saturated heterocycles. The number of methoxy groups -OCH3 is 2. The first-order valence-corrected chi connectivity index (χ1v) is 6.10. The molecule has 17 heavy (non-hydrogen) atoms. The first kappa shape index (κ1) is 13.8. The summed E-state index contributed by atoms with van der Waals surface area (Å²) in [6.45, 7) is 2.08. The number of aliphatic hydroxyl groups is 1. The summed E-state index contributed by atoms with van der Waals surface area (Å²) < 4.78 is 10.5. The van der Waals surface area contributed by atoms with E-state index >= 15 is 0 Å². The molecule has 0 amide bonds. The van der Waals surface area contributed by atoms with Crippen LogP contribution >= 0.6 is 0 Å². The van der Waals surface area contributed by atoms with Gasteiger partial charge in [-0.25, -0.2) is 0 Å². The van der Waals surface area contributed by atoms with E-state index in [9.17, 15) is 5.11 Å². The summed E-state index contributed by atoms with van der Waals surface area (Å²) in [5.74, 6) is 1.62. The first-order valence-electron chi connectivity index (χ1n) is 6.10. The van der Waals surface area contributed by atoms with Crippen molar-refractivity contribution in [1.82, 2.24) is 0 Å². The molecule has 0 fully saturated rings. The Morgan fingerprint density at radius 2 is 1.94 bits per heavy atom. The third-order valence-electron chi connectivity index (χ3n) is 2.86. The Bertz CT molecular complexity index is 336. The third-order valence-corrected chi connectivity index (χ3v) is 2.86. The molecule has 3 heteroatoms. The van der Waals surface area contributed by atoms with Crippen molar-refractivity contribution in [2.75, 3.05) is 14.2 Å². The second kappa shape index (κ2) is 7.17. The summed E-state index contributed by atoms with van der Waals surface area (Å²) in [6.07, 6.45) is 3.26. The molecule has 1 N–H and O–H groups in total. The van der Waals surface area contributed by atoms with Crippen LogP contribution in [0.1, 0.15) is 31.7 Å². The Morgan fingerprint density at radius 1 is 1.18 bits per heavy atom. The maximum absolute atomic E-state index is 9.71. The van der Waals surface area contributed by atoms with Crippen LogP contribution in [0.4, 0.5) is 0 Å². The minimum absolute atomic E-state index is 0.216. The molecule has 0 saturated carbocycles. The number of ether oxygens (including phenoxy) is 2. The molecule has 1 atom stereocenters. The van der Waals surface area contributed by atoms with Gasteiger partial charge in [-0.3, -0.25) is 0 Å². The van der Waals surface area contributed by atoms with Crippen LogP contribution in [0.15, 0.2) is 18.2 Å². The highest BCUT2D eigenvalue weighted by Crippen LogP contribution is 2.26. The van der Waals surface area contributed by atoms with Crippen LogP contribution in [0.5, 0.6) is 11.5 Å². The molecule has 1 aromatic carbocycles. The van der Waals surface area contributed by atoms with E-state index in [1.54, 1.807) is 14.2 Å². The maximum Gasteiger partial charge on any atom is 0.125 e. The molecule has 0 aliphatic carbocycles. The lowest BCUT2D eigenvalue weighted by Gasteiger charge is -2.12. The van der Waals surface area contributed by atoms with Crippen LogP contribution in [0.25, 0.3) is 0 Å². The van der Waals surface area contributed by atoms with Gasteiger partial charge in [-0.1, -0.05) is 19.4 Å². The Hall–Kier alpha value is -1.22. The summed E-state index contributed by atoms with van der Waals surface area (Å²) in [6, 6.07) is 5.79. The van der Waals surface area contributed by atoms with E-state index in [0.717, 1.165) is 42.7 Å². The molecule has 0 radical (unpaired) electrons. The van der Waals surface area contributed by atoms with Gasteiger partial charge in [0.15, 0.2) is 0 Å². The minimum atomic E-state index is -0.216. The van der Waals surface area contributed by atoms with Crippen molar-refractivity contribution in [1.29, 1.82) is 0 Å². The highest BCUT2D eigenvalue weighted by atomic mass is 16.5. The molecule has 3 nitrogen and oxygen atoms in total. The fourth-order valence-corrected chi connectivity index (χ4v) is 1.86. The Morgan fingerprint density at radius 3 is 2.53 bits per heavy atom. The molecular weight excluding hydrogens is 216 g/mol. The highest BCUT2D eigenvalue weighted by Gasteiger charge is 2.08. The predicted molar refractivity (Wildman–Crippen MR) is 68.8 cm³/mol. The van der Waals surface area contributed by atoms with Crippen LogP contribution in [-0.2, 0) is 6.42 Å². The number of rotatable bonds is 7. The van der Waals surface area contributed by atoms with Crippen LogP contribution in [-0.4, -0.2) is 25.4 Å². The van der Waals surface area contributed by atoms with Crippen molar-refractivity contribution < 1.29 is 14.6 Å². The zero-order valence-electron chi connectivity index (χ0n) is 10.9. The summed E-state index contributed by atoms with van der Waals surface area (Å²) in [4.78, 5) is 0. The molecule has 1 unspecified atom stereocenters. The van der Waals surface area contributed by atoms with Crippen molar-refractivity contribution in [3.63, 3.8) is 0 Å². The predicted octanol–water partition coefficient (Wildman–Crippen LogP) is 2.80. The molecule has 0 aromatic heterocycles. The van der Waals surface area contributed by atoms with E-state index in [-0.39, 0.29) is 6.10 Å². The topological polar surface area (TPSA) is 38.7 Å². The Balaban J connectivity index is 2.63. The summed E-state index contributed by atoms with van der Waals surface area (Å²) in [7, 11) is 3.29. The maximum atomic E-state index is 9.71. The molecule has 1 rings (SSSR count). The van der Waals surface area contributed by atoms with Crippen molar-refractivity contribution >= 4 is 0 Å². The fourth-order valence-electron chi connectivity index (χ4n) is 1.86. The molecule has 0 spiro atoms. The summed E-state index contributed by atoms with van der Waals surface area (Å²) in [5, 5.41) is 9.71. The molecule has 0 aliphatic heterocycles. The zero-order valence-corrected chi connectivity index (χ0v) is 10.9. The monoisotopic (exact) mass is 238 g/mol. The van der Waals surface area contributed by atoms with Gasteiger partial charge in [0.2, 0.25) is 0 Å². The number of aryl methyl sites for hydroxylation is 1. The SMILES string of the molecule is CCCC(O)CCc1ccc(OC)cc1OC. The quantitative estimate of drug-likeness (QED) is 0.794. The zero-order chi connectivity index (χ0) is 12.7. The van der Waals surface area contributed by atoms with Crippen molar-refractivity contribution in [3.8, 4) is 11.5 Å². The minimum Gasteiger partial charge on any atom is -0.497 e. The highest BCUT2D eigenvalue weighted by molar-refractivity contribution is 5.40. The van der Waals surface area contributed by atoms with Gasteiger partial charge in [-0.05, 0) is 30.9 Å². The van der Waals surface area contributed by atoms with Crippen molar-refractivity contribution in [3.05, 3.63) is 23.8 Å². The average Bonchev–Trinajstić information content (AvgIpc) is 2.36. The smallest absolute Gasteiger partial charge is 0.125 e. The van der Waals surface area contributed by atoms with Crippen LogP contribution in [0, 0.1) is 0 Å². The second-order valence-corrected chi connectivity index (χ2v) is 4.16. The molecule has 0 bridgehead atoms. The number of hydrogen-bond acceptors (Lipinski definition) is 3. The van der Waals surface area contributed by atoms with E-state index in [1.807, 2.05) is 18.2 Å². The van der Waals surface area contributed by atoms with E-state index in [1.165, 1.54) is 0 Å². The average molecular weight is 238 g/mol. The Kier molecular flexibility index (Phi) is 5.84. The lowest BCUT2D eigenvalue weighted by atomic mass is 10.0. The largest absolute Gasteiger partial charge is 0.497 e. The molecule has 0 heterocycles. The van der Waals surface area contributed by atoms with Gasteiger partial charge in [-0.2, -0.15) is 0 Å². The van der Waals surface area contributed by atoms with Gasteiger partial charge in [0, 0.05) is 6.07 Å². The lowest BCUT2D eigenvalue weighted by molar-refractivity contribution is 0.153. The van der Waals surface area contributed by atoms with Crippen LogP contribution in [0.2, 0.25) is 0 Å². The van der Waals surface area contributed by atoms with Gasteiger partial charge in [0.05, 0.1) is 20.3 Å². The first-order chi connectivity index (χ1) is 8.21. The lowest BCUT2D eigenvalue weighted by Crippen LogP contribution is -2.07. The van der Waals surface area contributed by atoms with E-state index in [4.69, 9.17) is 9.47 Å². The fraction of sp³-hybridized carbons (Fsp3) is 0.571. The molecule has 0 aliphatic rings. The van der Waals surface area contributed by atoms with Crippen molar-refractivity contribution in [2.45, 2.75) is 38.7 Å². The Labute approximate surface area is 103 Å². The normalized spacial score (nSPS) is 12.2. The molecule has 96 valence electrons. The number of aliphatic hydroxyl groups excluding tert-OH is 1. The number of hydrogen-bond donors (Lipinski definition) is 1. The van der Waals surface area contributed by atoms with Crippen LogP contribution < -0.4 is 9.47 Å². The summed E-state index contributed by atoms with van der Waals surface area (Å²) >= 11 is 0. The standard InChI is InChI=1S/C14H22O3/c1-4-5-12(15)8-6-11-7-9-13(16-2)10-14(11)17-3/h7,9-10,12,15H,4-6,8H2,1-3H3. The molecular formula is C14H22O3. The molecule has 1 aromatic rings. The van der Waals surface area contributed by atoms with E-state index in [0.29, 0.717) is 0 Å². The van der Waals surface area contributed by atoms with E-state index in [2.05, 4.69) is 6.92 Å². The van der Waals surface area contributed by atoms with E-state index < -0.39 is 0 Å². The van der Waals surface area contributed by atoms with Gasteiger partial charge >= 0.3 is 0 Å². The van der Waals surface area contributed by atoms with Gasteiger partial charge in [0.1, 0.15) is 11.5 Å². The third kappa shape index (κ3) is 4.27. The van der Waals surface area contributed by atoms with Gasteiger partial charge < -0.3 is 14.6 Å². The van der Waals surface area contributed by atoms with Crippen LogP contribution in [0.3, 0.4) is 0 Å².